The highest BCUT2D eigenvalue weighted by molar-refractivity contribution is 5.21. The molecule has 0 saturated heterocycles. The van der Waals surface area contributed by atoms with E-state index in [-0.39, 0.29) is 5.54 Å². The van der Waals surface area contributed by atoms with Gasteiger partial charge in [0, 0.05) is 5.54 Å². The van der Waals surface area contributed by atoms with Gasteiger partial charge in [0.05, 0.1) is 6.61 Å². The van der Waals surface area contributed by atoms with Gasteiger partial charge in [-0.05, 0) is 43.9 Å². The van der Waals surface area contributed by atoms with E-state index in [9.17, 15) is 0 Å². The third-order valence-corrected chi connectivity index (χ3v) is 3.51. The average Bonchev–Trinajstić information content (AvgIpc) is 2.47. The summed E-state index contributed by atoms with van der Waals surface area (Å²) in [6.45, 7) is 2.76. The van der Waals surface area contributed by atoms with Crippen molar-refractivity contribution in [2.45, 2.75) is 31.7 Å². The van der Waals surface area contributed by atoms with Gasteiger partial charge in [0.15, 0.2) is 0 Å². The first-order valence-electron chi connectivity index (χ1n) is 7.16. The predicted molar refractivity (Wildman–Crippen MR) is 83.9 cm³/mol. The molecule has 2 aromatic rings. The van der Waals surface area contributed by atoms with Gasteiger partial charge in [-0.25, -0.2) is 0 Å². The van der Waals surface area contributed by atoms with Crippen LogP contribution in [0.25, 0.3) is 0 Å². The molecule has 0 bridgehead atoms. The minimum absolute atomic E-state index is 0.190. The van der Waals surface area contributed by atoms with Crippen molar-refractivity contribution in [3.05, 3.63) is 66.2 Å². The average molecular weight is 269 g/mol. The summed E-state index contributed by atoms with van der Waals surface area (Å²) in [5.74, 6) is 0.909. The van der Waals surface area contributed by atoms with E-state index < -0.39 is 0 Å². The summed E-state index contributed by atoms with van der Waals surface area (Å²) in [5, 5.41) is 0. The zero-order chi connectivity index (χ0) is 14.3. The maximum Gasteiger partial charge on any atom is 0.119 e. The van der Waals surface area contributed by atoms with Crippen LogP contribution in [0.5, 0.6) is 5.75 Å². The molecule has 0 heterocycles. The van der Waals surface area contributed by atoms with E-state index in [4.69, 9.17) is 10.5 Å². The van der Waals surface area contributed by atoms with Crippen molar-refractivity contribution in [3.63, 3.8) is 0 Å². The highest BCUT2D eigenvalue weighted by Gasteiger charge is 2.18. The van der Waals surface area contributed by atoms with Gasteiger partial charge in [-0.3, -0.25) is 0 Å². The number of hydrogen-bond donors (Lipinski definition) is 1. The summed E-state index contributed by atoms with van der Waals surface area (Å²) in [7, 11) is 0. The van der Waals surface area contributed by atoms with Crippen LogP contribution in [0.2, 0.25) is 0 Å². The molecule has 2 N–H and O–H groups in total. The molecule has 0 spiro atoms. The molecule has 0 aliphatic carbocycles. The monoisotopic (exact) mass is 269 g/mol. The predicted octanol–water partition coefficient (Wildman–Crippen LogP) is 3.81. The molecule has 0 amide bonds. The molecule has 0 saturated carbocycles. The number of hydrogen-bond acceptors (Lipinski definition) is 2. The summed E-state index contributed by atoms with van der Waals surface area (Å²) in [4.78, 5) is 0. The topological polar surface area (TPSA) is 35.2 Å². The van der Waals surface area contributed by atoms with Crippen LogP contribution in [0, 0.1) is 0 Å². The highest BCUT2D eigenvalue weighted by Crippen LogP contribution is 2.17. The van der Waals surface area contributed by atoms with Crippen molar-refractivity contribution in [1.29, 1.82) is 0 Å². The van der Waals surface area contributed by atoms with Crippen molar-refractivity contribution >= 4 is 0 Å². The highest BCUT2D eigenvalue weighted by atomic mass is 16.5. The summed E-state index contributed by atoms with van der Waals surface area (Å²) in [5.41, 5.74) is 7.50. The quantitative estimate of drug-likeness (QED) is 0.829. The third kappa shape index (κ3) is 5.06. The van der Waals surface area contributed by atoms with E-state index in [0.29, 0.717) is 6.61 Å². The van der Waals surface area contributed by atoms with Gasteiger partial charge in [0.2, 0.25) is 0 Å². The first kappa shape index (κ1) is 14.6. The largest absolute Gasteiger partial charge is 0.494 e. The third-order valence-electron chi connectivity index (χ3n) is 3.51. The number of aryl methyl sites for hydroxylation is 1. The summed E-state index contributed by atoms with van der Waals surface area (Å²) < 4.78 is 5.71. The van der Waals surface area contributed by atoms with Crippen molar-refractivity contribution in [3.8, 4) is 5.75 Å². The second-order valence-corrected chi connectivity index (χ2v) is 5.55. The van der Waals surface area contributed by atoms with Gasteiger partial charge in [-0.15, -0.1) is 0 Å². The molecule has 1 atom stereocenters. The van der Waals surface area contributed by atoms with Crippen LogP contribution >= 0.6 is 0 Å². The Balaban J connectivity index is 1.73. The van der Waals surface area contributed by atoms with Crippen LogP contribution in [0.1, 0.15) is 25.3 Å². The summed E-state index contributed by atoms with van der Waals surface area (Å²) in [6, 6.07) is 20.4. The van der Waals surface area contributed by atoms with Crippen molar-refractivity contribution in [2.24, 2.45) is 5.73 Å². The van der Waals surface area contributed by atoms with Gasteiger partial charge >= 0.3 is 0 Å². The molecule has 0 aromatic heterocycles. The smallest absolute Gasteiger partial charge is 0.119 e. The lowest BCUT2D eigenvalue weighted by Crippen LogP contribution is -2.38. The molecular formula is C18H23NO. The van der Waals surface area contributed by atoms with Crippen molar-refractivity contribution in [2.75, 3.05) is 6.61 Å². The second kappa shape index (κ2) is 7.11. The molecule has 2 nitrogen and oxygen atoms in total. The minimum Gasteiger partial charge on any atom is -0.494 e. The Bertz CT molecular complexity index is 493. The first-order valence-corrected chi connectivity index (χ1v) is 7.16. The number of ether oxygens (including phenoxy) is 1. The molecule has 2 rings (SSSR count). The lowest BCUT2D eigenvalue weighted by atomic mass is 9.91. The second-order valence-electron chi connectivity index (χ2n) is 5.55. The Morgan fingerprint density at radius 1 is 0.900 bits per heavy atom. The van der Waals surface area contributed by atoms with Gasteiger partial charge in [-0.2, -0.15) is 0 Å². The van der Waals surface area contributed by atoms with E-state index in [2.05, 4.69) is 31.2 Å². The van der Waals surface area contributed by atoms with Crippen LogP contribution in [-0.2, 0) is 6.42 Å². The zero-order valence-corrected chi connectivity index (χ0v) is 12.1. The van der Waals surface area contributed by atoms with E-state index >= 15 is 0 Å². The Morgan fingerprint density at radius 3 is 2.15 bits per heavy atom. The SMILES string of the molecule is CC(N)(CCOc1ccccc1)CCc1ccccc1. The summed E-state index contributed by atoms with van der Waals surface area (Å²) >= 11 is 0. The van der Waals surface area contributed by atoms with Crippen LogP contribution in [0.15, 0.2) is 60.7 Å². The van der Waals surface area contributed by atoms with Gasteiger partial charge in [0.25, 0.3) is 0 Å². The summed E-state index contributed by atoms with van der Waals surface area (Å²) in [6.07, 6.45) is 2.84. The normalized spacial score (nSPS) is 13.7. The fourth-order valence-corrected chi connectivity index (χ4v) is 2.12. The van der Waals surface area contributed by atoms with E-state index in [0.717, 1.165) is 25.0 Å². The molecule has 106 valence electrons. The number of rotatable bonds is 7. The zero-order valence-electron chi connectivity index (χ0n) is 12.1. The molecular weight excluding hydrogens is 246 g/mol. The number of benzene rings is 2. The van der Waals surface area contributed by atoms with Gasteiger partial charge < -0.3 is 10.5 Å². The van der Waals surface area contributed by atoms with Crippen LogP contribution in [-0.4, -0.2) is 12.1 Å². The van der Waals surface area contributed by atoms with E-state index in [1.54, 1.807) is 0 Å². The lowest BCUT2D eigenvalue weighted by molar-refractivity contribution is 0.259. The Hall–Kier alpha value is -1.80. The van der Waals surface area contributed by atoms with Crippen LogP contribution in [0.3, 0.4) is 0 Å². The van der Waals surface area contributed by atoms with E-state index in [1.165, 1.54) is 5.56 Å². The molecule has 0 fully saturated rings. The first-order chi connectivity index (χ1) is 9.66. The number of para-hydroxylation sites is 1. The molecule has 2 aromatic carbocycles. The molecule has 1 unspecified atom stereocenters. The molecule has 0 aliphatic rings. The Morgan fingerprint density at radius 2 is 1.50 bits per heavy atom. The minimum atomic E-state index is -0.190. The molecule has 0 aliphatic heterocycles. The maximum absolute atomic E-state index is 6.35. The standard InChI is InChI=1S/C18H23NO/c1-18(19,13-12-16-8-4-2-5-9-16)14-15-20-17-10-6-3-7-11-17/h2-11H,12-15,19H2,1H3. The molecule has 2 heteroatoms. The van der Waals surface area contributed by atoms with Gasteiger partial charge in [-0.1, -0.05) is 48.5 Å². The fraction of sp³-hybridized carbons (Fsp3) is 0.333. The maximum atomic E-state index is 6.35. The fourth-order valence-electron chi connectivity index (χ4n) is 2.12. The number of nitrogens with two attached hydrogens (primary N) is 1. The lowest BCUT2D eigenvalue weighted by Gasteiger charge is -2.24. The van der Waals surface area contributed by atoms with Gasteiger partial charge in [0.1, 0.15) is 5.75 Å². The van der Waals surface area contributed by atoms with Crippen molar-refractivity contribution in [1.82, 2.24) is 0 Å². The van der Waals surface area contributed by atoms with Crippen molar-refractivity contribution < 1.29 is 4.74 Å². The Kier molecular flexibility index (Phi) is 5.19. The van der Waals surface area contributed by atoms with Crippen LogP contribution in [0.4, 0.5) is 0 Å². The van der Waals surface area contributed by atoms with Crippen LogP contribution < -0.4 is 10.5 Å². The van der Waals surface area contributed by atoms with E-state index in [1.807, 2.05) is 36.4 Å². The Labute approximate surface area is 121 Å². The molecule has 20 heavy (non-hydrogen) atoms. The molecule has 0 radical (unpaired) electrons.